The molecule has 0 bridgehead atoms. The normalized spacial score (nSPS) is 13.6. The molecule has 0 unspecified atom stereocenters. The minimum atomic E-state index is -6.45. The van der Waals surface area contributed by atoms with Gasteiger partial charge in [-0.25, -0.2) is 5.11 Å². The zero-order chi connectivity index (χ0) is 13.1. The molecule has 15 heavy (non-hydrogen) atoms. The summed E-state index contributed by atoms with van der Waals surface area (Å²) < 4.78 is 101. The van der Waals surface area contributed by atoms with Crippen LogP contribution in [-0.4, -0.2) is 25.6 Å². The lowest BCUT2D eigenvalue weighted by Gasteiger charge is -2.23. The number of rotatable bonds is 0. The average Bonchev–Trinajstić information content (AvgIpc) is 1.79. The molecule has 0 fully saturated rings. The monoisotopic (exact) mass is 250 g/mol. The molecule has 92 valence electrons. The van der Waals surface area contributed by atoms with E-state index in [1.54, 1.807) is 0 Å². The van der Waals surface area contributed by atoms with E-state index in [4.69, 9.17) is 5.11 Å². The first kappa shape index (κ1) is 16.7. The molecular formula is C5H3F9O. The molecular weight excluding hydrogens is 247 g/mol. The topological polar surface area (TPSA) is 19.9 Å². The summed E-state index contributed by atoms with van der Waals surface area (Å²) in [4.78, 5) is 0. The van der Waals surface area contributed by atoms with Gasteiger partial charge in [0.05, 0.1) is 7.11 Å². The van der Waals surface area contributed by atoms with Crippen LogP contribution in [0.25, 0.3) is 0 Å². The van der Waals surface area contributed by atoms with Gasteiger partial charge in [0.15, 0.2) is 0 Å². The molecule has 10 heteroatoms. The summed E-state index contributed by atoms with van der Waals surface area (Å²) in [5.41, 5.74) is 0. The van der Waals surface area contributed by atoms with Crippen LogP contribution in [0, 0.1) is 5.92 Å². The Labute approximate surface area is 77.5 Å². The Balaban J connectivity index is 0. The van der Waals surface area contributed by atoms with Crippen molar-refractivity contribution in [2.75, 3.05) is 7.11 Å². The summed E-state index contributed by atoms with van der Waals surface area (Å²) in [7, 11) is 0.750. The van der Waals surface area contributed by atoms with Crippen molar-refractivity contribution in [1.29, 1.82) is 0 Å². The van der Waals surface area contributed by atoms with Gasteiger partial charge in [0, 0.05) is 0 Å². The van der Waals surface area contributed by atoms with E-state index >= 15 is 0 Å². The second kappa shape index (κ2) is 4.90. The first-order valence-electron chi connectivity index (χ1n) is 2.86. The highest BCUT2D eigenvalue weighted by atomic mass is 19.4. The molecule has 0 aromatic heterocycles. The summed E-state index contributed by atoms with van der Waals surface area (Å²) >= 11 is 0. The van der Waals surface area contributed by atoms with Gasteiger partial charge >= 0.3 is 18.5 Å². The molecule has 0 saturated heterocycles. The summed E-state index contributed by atoms with van der Waals surface area (Å²) in [5.74, 6) is -4.35. The zero-order valence-corrected chi connectivity index (χ0v) is 6.81. The minimum absolute atomic E-state index is 0.750. The van der Waals surface area contributed by atoms with Crippen LogP contribution in [0.3, 0.4) is 0 Å². The van der Waals surface area contributed by atoms with Crippen LogP contribution < -0.4 is 0 Å². The maximum Gasteiger partial charge on any atom is 0.413 e. The van der Waals surface area contributed by atoms with Gasteiger partial charge in [0.1, 0.15) is 0 Å². The molecule has 0 saturated carbocycles. The van der Waals surface area contributed by atoms with Crippen LogP contribution in [0.5, 0.6) is 0 Å². The Morgan fingerprint density at radius 3 is 0.733 bits per heavy atom. The highest BCUT2D eigenvalue weighted by Crippen LogP contribution is 2.50. The van der Waals surface area contributed by atoms with E-state index in [1.807, 2.05) is 0 Å². The maximum absolute atomic E-state index is 11.2. The van der Waals surface area contributed by atoms with Crippen LogP contribution in [0.2, 0.25) is 0 Å². The fourth-order valence-electron chi connectivity index (χ4n) is 0.482. The third-order valence-electron chi connectivity index (χ3n) is 0.850. The molecule has 2 radical (unpaired) electrons. The second-order valence-corrected chi connectivity index (χ2v) is 1.87. The molecule has 0 atom stereocenters. The van der Waals surface area contributed by atoms with Gasteiger partial charge in [-0.05, 0) is 0 Å². The molecule has 1 nitrogen and oxygen atoms in total. The predicted molar refractivity (Wildman–Crippen MR) is 28.0 cm³/mol. The minimum Gasteiger partial charge on any atom is -0.240 e. The van der Waals surface area contributed by atoms with E-state index in [0.717, 1.165) is 7.11 Å². The van der Waals surface area contributed by atoms with Gasteiger partial charge in [-0.2, -0.15) is 39.5 Å². The molecule has 0 spiro atoms. The molecule has 0 aliphatic heterocycles. The Hall–Kier alpha value is -0.670. The largest absolute Gasteiger partial charge is 0.413 e. The van der Waals surface area contributed by atoms with Gasteiger partial charge < -0.3 is 0 Å². The highest BCUT2D eigenvalue weighted by molar-refractivity contribution is 5.10. The number of alkyl halides is 9. The van der Waals surface area contributed by atoms with Crippen molar-refractivity contribution < 1.29 is 44.6 Å². The van der Waals surface area contributed by atoms with Crippen LogP contribution in [-0.2, 0) is 5.11 Å². The fourth-order valence-corrected chi connectivity index (χ4v) is 0.482. The van der Waals surface area contributed by atoms with Crippen LogP contribution in [0.1, 0.15) is 0 Å². The predicted octanol–water partition coefficient (Wildman–Crippen LogP) is 3.29. The lowest BCUT2D eigenvalue weighted by molar-refractivity contribution is -0.277. The quantitative estimate of drug-likeness (QED) is 0.588. The average molecular weight is 250 g/mol. The smallest absolute Gasteiger partial charge is 0.240 e. The SMILES string of the molecule is C[O].FC(F)(F)[C](C(F)(F)F)C(F)(F)F. The van der Waals surface area contributed by atoms with E-state index in [2.05, 4.69) is 0 Å². The van der Waals surface area contributed by atoms with Crippen molar-refractivity contribution in [2.45, 2.75) is 18.5 Å². The lowest BCUT2D eigenvalue weighted by Crippen LogP contribution is -2.44. The van der Waals surface area contributed by atoms with E-state index in [0.29, 0.717) is 0 Å². The van der Waals surface area contributed by atoms with E-state index < -0.39 is 24.4 Å². The molecule has 0 aliphatic carbocycles. The van der Waals surface area contributed by atoms with Crippen molar-refractivity contribution in [3.05, 3.63) is 5.92 Å². The molecule has 0 heterocycles. The molecule has 0 amide bonds. The molecule has 0 aromatic carbocycles. The number of halogens is 9. The second-order valence-electron chi connectivity index (χ2n) is 1.87. The Morgan fingerprint density at radius 1 is 0.600 bits per heavy atom. The first-order chi connectivity index (χ1) is 6.37. The molecule has 0 aromatic rings. The van der Waals surface area contributed by atoms with Crippen molar-refractivity contribution in [3.8, 4) is 0 Å². The summed E-state index contributed by atoms with van der Waals surface area (Å²) in [6.45, 7) is 0. The lowest BCUT2D eigenvalue weighted by atomic mass is 10.1. The van der Waals surface area contributed by atoms with E-state index in [-0.39, 0.29) is 0 Å². The molecule has 0 N–H and O–H groups in total. The Bertz CT molecular complexity index is 141. The Morgan fingerprint density at radius 2 is 0.733 bits per heavy atom. The van der Waals surface area contributed by atoms with Crippen LogP contribution >= 0.6 is 0 Å². The van der Waals surface area contributed by atoms with Gasteiger partial charge in [-0.3, -0.25) is 0 Å². The van der Waals surface area contributed by atoms with Gasteiger partial charge in [-0.15, -0.1) is 0 Å². The Kier molecular flexibility index (Phi) is 5.47. The number of hydrogen-bond acceptors (Lipinski definition) is 0. The maximum atomic E-state index is 11.2. The van der Waals surface area contributed by atoms with Gasteiger partial charge in [0.25, 0.3) is 5.92 Å². The van der Waals surface area contributed by atoms with Crippen LogP contribution in [0.15, 0.2) is 0 Å². The zero-order valence-electron chi connectivity index (χ0n) is 6.81. The first-order valence-corrected chi connectivity index (χ1v) is 2.86. The van der Waals surface area contributed by atoms with Crippen LogP contribution in [0.4, 0.5) is 39.5 Å². The third kappa shape index (κ3) is 5.70. The molecule has 0 rings (SSSR count). The fraction of sp³-hybridized carbons (Fsp3) is 0.800. The standard InChI is InChI=1S/C4F9.CH3O/c5-2(6,7)1(3(8,9)10)4(11,12)13;1-2/h;1H3. The van der Waals surface area contributed by atoms with E-state index in [1.165, 1.54) is 0 Å². The van der Waals surface area contributed by atoms with E-state index in [9.17, 15) is 39.5 Å². The van der Waals surface area contributed by atoms with Gasteiger partial charge in [0.2, 0.25) is 0 Å². The van der Waals surface area contributed by atoms with Crippen molar-refractivity contribution in [1.82, 2.24) is 0 Å². The summed E-state index contributed by atoms with van der Waals surface area (Å²) in [6.07, 6.45) is -19.3. The highest BCUT2D eigenvalue weighted by Gasteiger charge is 2.71. The van der Waals surface area contributed by atoms with Crippen molar-refractivity contribution >= 4 is 0 Å². The summed E-state index contributed by atoms with van der Waals surface area (Å²) in [5, 5.41) is 8.25. The third-order valence-corrected chi connectivity index (χ3v) is 0.850. The van der Waals surface area contributed by atoms with Crippen molar-refractivity contribution in [3.63, 3.8) is 0 Å². The number of hydrogen-bond donors (Lipinski definition) is 0. The summed E-state index contributed by atoms with van der Waals surface area (Å²) in [6, 6.07) is 0. The van der Waals surface area contributed by atoms with Gasteiger partial charge in [-0.1, -0.05) is 0 Å². The molecule has 0 aliphatic rings. The van der Waals surface area contributed by atoms with Crippen molar-refractivity contribution in [2.24, 2.45) is 0 Å².